The monoisotopic (exact) mass is 290 g/mol. The van der Waals surface area contributed by atoms with Gasteiger partial charge in [-0.25, -0.2) is 4.79 Å². The minimum atomic E-state index is -0.569. The SMILES string of the molecule is C[C@H]1CCCC[C@H]1NC(=O)COC(=O)c1ccccc1N. The number of nitrogens with one attached hydrogen (secondary N) is 1. The van der Waals surface area contributed by atoms with E-state index in [4.69, 9.17) is 10.5 Å². The van der Waals surface area contributed by atoms with Crippen molar-refractivity contribution >= 4 is 17.6 Å². The van der Waals surface area contributed by atoms with E-state index in [2.05, 4.69) is 12.2 Å². The van der Waals surface area contributed by atoms with E-state index in [1.165, 1.54) is 6.42 Å². The van der Waals surface area contributed by atoms with E-state index in [0.29, 0.717) is 11.6 Å². The van der Waals surface area contributed by atoms with Crippen molar-refractivity contribution in [3.63, 3.8) is 0 Å². The summed E-state index contributed by atoms with van der Waals surface area (Å²) in [5.41, 5.74) is 6.33. The third kappa shape index (κ3) is 4.21. The number of hydrogen-bond acceptors (Lipinski definition) is 4. The number of anilines is 1. The predicted molar refractivity (Wildman–Crippen MR) is 80.7 cm³/mol. The molecule has 0 bridgehead atoms. The first-order valence-electron chi connectivity index (χ1n) is 7.39. The third-order valence-electron chi connectivity index (χ3n) is 3.97. The van der Waals surface area contributed by atoms with E-state index in [0.717, 1.165) is 19.3 Å². The highest BCUT2D eigenvalue weighted by atomic mass is 16.5. The summed E-state index contributed by atoms with van der Waals surface area (Å²) in [5, 5.41) is 2.94. The van der Waals surface area contributed by atoms with Gasteiger partial charge in [-0.05, 0) is 30.9 Å². The van der Waals surface area contributed by atoms with Crippen LogP contribution >= 0.6 is 0 Å². The maximum Gasteiger partial charge on any atom is 0.340 e. The number of amides is 1. The lowest BCUT2D eigenvalue weighted by Crippen LogP contribution is -2.42. The molecular formula is C16H22N2O3. The molecule has 0 heterocycles. The molecule has 5 nitrogen and oxygen atoms in total. The van der Waals surface area contributed by atoms with Gasteiger partial charge < -0.3 is 15.8 Å². The molecule has 114 valence electrons. The molecule has 0 aliphatic heterocycles. The van der Waals surface area contributed by atoms with Gasteiger partial charge in [-0.1, -0.05) is 31.9 Å². The Bertz CT molecular complexity index is 516. The number of ether oxygens (including phenoxy) is 1. The van der Waals surface area contributed by atoms with Crippen LogP contribution in [0.15, 0.2) is 24.3 Å². The molecular weight excluding hydrogens is 268 g/mol. The molecule has 1 fully saturated rings. The van der Waals surface area contributed by atoms with E-state index in [1.807, 2.05) is 0 Å². The summed E-state index contributed by atoms with van der Waals surface area (Å²) in [5.74, 6) is -0.347. The Morgan fingerprint density at radius 1 is 1.29 bits per heavy atom. The number of para-hydroxylation sites is 1. The minimum absolute atomic E-state index is 0.187. The second-order valence-electron chi connectivity index (χ2n) is 5.60. The van der Waals surface area contributed by atoms with Gasteiger partial charge in [0.1, 0.15) is 0 Å². The number of benzene rings is 1. The van der Waals surface area contributed by atoms with Gasteiger partial charge in [-0.3, -0.25) is 4.79 Å². The lowest BCUT2D eigenvalue weighted by Gasteiger charge is -2.29. The maximum atomic E-state index is 11.9. The predicted octanol–water partition coefficient (Wildman–Crippen LogP) is 2.12. The molecule has 1 aliphatic carbocycles. The van der Waals surface area contributed by atoms with Crippen LogP contribution in [0.4, 0.5) is 5.69 Å². The van der Waals surface area contributed by atoms with Crippen molar-refractivity contribution in [3.05, 3.63) is 29.8 Å². The van der Waals surface area contributed by atoms with Gasteiger partial charge in [0.25, 0.3) is 5.91 Å². The topological polar surface area (TPSA) is 81.4 Å². The van der Waals surface area contributed by atoms with Gasteiger partial charge in [0.2, 0.25) is 0 Å². The van der Waals surface area contributed by atoms with Gasteiger partial charge in [0, 0.05) is 11.7 Å². The summed E-state index contributed by atoms with van der Waals surface area (Å²) in [6.45, 7) is 1.87. The first kappa shape index (κ1) is 15.4. The van der Waals surface area contributed by atoms with E-state index >= 15 is 0 Å². The van der Waals surface area contributed by atoms with Gasteiger partial charge in [-0.15, -0.1) is 0 Å². The average Bonchev–Trinajstić information content (AvgIpc) is 2.48. The van der Waals surface area contributed by atoms with Gasteiger partial charge in [-0.2, -0.15) is 0 Å². The fraction of sp³-hybridized carbons (Fsp3) is 0.500. The normalized spacial score (nSPS) is 21.6. The van der Waals surface area contributed by atoms with E-state index < -0.39 is 5.97 Å². The van der Waals surface area contributed by atoms with Crippen molar-refractivity contribution in [1.29, 1.82) is 0 Å². The highest BCUT2D eigenvalue weighted by Crippen LogP contribution is 2.23. The van der Waals surface area contributed by atoms with Gasteiger partial charge in [0.15, 0.2) is 6.61 Å². The standard InChI is InChI=1S/C16H22N2O3/c1-11-6-2-5-9-14(11)18-15(19)10-21-16(20)12-7-3-4-8-13(12)17/h3-4,7-8,11,14H,2,5-6,9-10,17H2,1H3,(H,18,19)/t11-,14+/m0/s1. The van der Waals surface area contributed by atoms with E-state index in [9.17, 15) is 9.59 Å². The molecule has 0 aromatic heterocycles. The Morgan fingerprint density at radius 2 is 2.00 bits per heavy atom. The number of hydrogen-bond donors (Lipinski definition) is 2. The van der Waals surface area contributed by atoms with Crippen LogP contribution in [0.5, 0.6) is 0 Å². The van der Waals surface area contributed by atoms with Crippen molar-refractivity contribution in [2.24, 2.45) is 5.92 Å². The first-order chi connectivity index (χ1) is 10.1. The average molecular weight is 290 g/mol. The molecule has 1 amide bonds. The van der Waals surface area contributed by atoms with Crippen LogP contribution in [0.25, 0.3) is 0 Å². The molecule has 5 heteroatoms. The summed E-state index contributed by atoms with van der Waals surface area (Å²) in [4.78, 5) is 23.7. The smallest absolute Gasteiger partial charge is 0.340 e. The number of rotatable bonds is 4. The Kier molecular flexibility index (Phi) is 5.20. The molecule has 2 rings (SSSR count). The summed E-state index contributed by atoms with van der Waals surface area (Å²) in [7, 11) is 0. The lowest BCUT2D eigenvalue weighted by atomic mass is 9.86. The molecule has 3 N–H and O–H groups in total. The molecule has 0 saturated heterocycles. The number of esters is 1. The molecule has 0 spiro atoms. The van der Waals surface area contributed by atoms with Crippen molar-refractivity contribution in [3.8, 4) is 0 Å². The summed E-state index contributed by atoms with van der Waals surface area (Å²) < 4.78 is 5.02. The second-order valence-corrected chi connectivity index (χ2v) is 5.60. The maximum absolute atomic E-state index is 11.9. The second kappa shape index (κ2) is 7.11. The third-order valence-corrected chi connectivity index (χ3v) is 3.97. The summed E-state index contributed by atoms with van der Waals surface area (Å²) in [6, 6.07) is 6.84. The van der Waals surface area contributed by atoms with Gasteiger partial charge >= 0.3 is 5.97 Å². The highest BCUT2D eigenvalue weighted by molar-refractivity contribution is 5.96. The van der Waals surface area contributed by atoms with Crippen LogP contribution < -0.4 is 11.1 Å². The molecule has 2 atom stereocenters. The Labute approximate surface area is 124 Å². The molecule has 1 aliphatic rings. The summed E-state index contributed by atoms with van der Waals surface area (Å²) in [6.07, 6.45) is 4.48. The van der Waals surface area contributed by atoms with Crippen LogP contribution in [-0.4, -0.2) is 24.5 Å². The zero-order chi connectivity index (χ0) is 15.2. The molecule has 1 aromatic carbocycles. The van der Waals surface area contributed by atoms with Crippen LogP contribution in [-0.2, 0) is 9.53 Å². The Balaban J connectivity index is 1.81. The summed E-state index contributed by atoms with van der Waals surface area (Å²) >= 11 is 0. The number of carbonyl (C=O) groups excluding carboxylic acids is 2. The fourth-order valence-corrected chi connectivity index (χ4v) is 2.67. The van der Waals surface area contributed by atoms with Crippen molar-refractivity contribution in [2.45, 2.75) is 38.6 Å². The van der Waals surface area contributed by atoms with Crippen LogP contribution in [0.1, 0.15) is 43.0 Å². The van der Waals surface area contributed by atoms with Crippen LogP contribution in [0.3, 0.4) is 0 Å². The zero-order valence-corrected chi connectivity index (χ0v) is 12.3. The van der Waals surface area contributed by atoms with Crippen molar-refractivity contribution in [1.82, 2.24) is 5.32 Å². The molecule has 1 aromatic rings. The van der Waals surface area contributed by atoms with E-state index in [1.54, 1.807) is 24.3 Å². The Hall–Kier alpha value is -2.04. The minimum Gasteiger partial charge on any atom is -0.452 e. The quantitative estimate of drug-likeness (QED) is 0.657. The van der Waals surface area contributed by atoms with Crippen LogP contribution in [0.2, 0.25) is 0 Å². The molecule has 0 unspecified atom stereocenters. The van der Waals surface area contributed by atoms with Crippen LogP contribution in [0, 0.1) is 5.92 Å². The lowest BCUT2D eigenvalue weighted by molar-refractivity contribution is -0.125. The highest BCUT2D eigenvalue weighted by Gasteiger charge is 2.23. The van der Waals surface area contributed by atoms with Gasteiger partial charge in [0.05, 0.1) is 5.56 Å². The Morgan fingerprint density at radius 3 is 2.71 bits per heavy atom. The van der Waals surface area contributed by atoms with Crippen molar-refractivity contribution in [2.75, 3.05) is 12.3 Å². The van der Waals surface area contributed by atoms with Crippen molar-refractivity contribution < 1.29 is 14.3 Å². The fourth-order valence-electron chi connectivity index (χ4n) is 2.67. The number of nitrogen functional groups attached to an aromatic ring is 1. The molecule has 0 radical (unpaired) electrons. The molecule has 21 heavy (non-hydrogen) atoms. The number of nitrogens with two attached hydrogens (primary N) is 1. The van der Waals surface area contributed by atoms with E-state index in [-0.39, 0.29) is 24.1 Å². The molecule has 1 saturated carbocycles. The number of carbonyl (C=O) groups is 2. The largest absolute Gasteiger partial charge is 0.452 e. The zero-order valence-electron chi connectivity index (χ0n) is 12.3. The first-order valence-corrected chi connectivity index (χ1v) is 7.39.